The average molecular weight is 494 g/mol. The van der Waals surface area contributed by atoms with Gasteiger partial charge in [0.25, 0.3) is 11.6 Å². The van der Waals surface area contributed by atoms with Gasteiger partial charge >= 0.3 is 0 Å². The van der Waals surface area contributed by atoms with Crippen LogP contribution in [0.2, 0.25) is 0 Å². The molecule has 0 aliphatic carbocycles. The number of nitrogens with zero attached hydrogens (tertiary/aromatic N) is 3. The van der Waals surface area contributed by atoms with E-state index in [0.717, 1.165) is 15.8 Å². The first kappa shape index (κ1) is 24.1. The predicted octanol–water partition coefficient (Wildman–Crippen LogP) is 5.53. The zero-order chi connectivity index (χ0) is 24.9. The Morgan fingerprint density at radius 1 is 1.06 bits per heavy atom. The quantitative estimate of drug-likeness (QED) is 0.172. The highest BCUT2D eigenvalue weighted by Gasteiger charge is 2.32. The number of aromatic nitrogens is 1. The second-order valence-electron chi connectivity index (χ2n) is 7.51. The van der Waals surface area contributed by atoms with Crippen molar-refractivity contribution in [2.75, 3.05) is 32.3 Å². The Labute approximate surface area is 205 Å². The van der Waals surface area contributed by atoms with Crippen LogP contribution in [-0.4, -0.2) is 43.2 Å². The van der Waals surface area contributed by atoms with E-state index in [4.69, 9.17) is 14.2 Å². The summed E-state index contributed by atoms with van der Waals surface area (Å²) in [6.07, 6.45) is 0. The summed E-state index contributed by atoms with van der Waals surface area (Å²) in [5.41, 5.74) is 1.57. The molecule has 1 heterocycles. The SMILES string of the molecule is COCCOc1cc([N+](=O)[O-])c(C(=O)N(c2nc3ccccc3s2)c2ccccc2C)cc1OC. The Kier molecular flexibility index (Phi) is 7.23. The first-order chi connectivity index (χ1) is 16.9. The number of fused-ring (bicyclic) bond motifs is 1. The van der Waals surface area contributed by atoms with Crippen LogP contribution in [0.1, 0.15) is 15.9 Å². The number of nitro benzene ring substituents is 1. The van der Waals surface area contributed by atoms with Crippen LogP contribution in [0, 0.1) is 17.0 Å². The topological polar surface area (TPSA) is 104 Å². The van der Waals surface area contributed by atoms with E-state index < -0.39 is 16.5 Å². The summed E-state index contributed by atoms with van der Waals surface area (Å²) in [6, 6.07) is 17.4. The fraction of sp³-hybridized carbons (Fsp3) is 0.200. The summed E-state index contributed by atoms with van der Waals surface area (Å²) in [7, 11) is 2.93. The molecule has 1 aromatic heterocycles. The molecule has 10 heteroatoms. The molecule has 180 valence electrons. The number of benzene rings is 3. The number of ether oxygens (including phenoxy) is 3. The number of thiazole rings is 1. The number of rotatable bonds is 9. The van der Waals surface area contributed by atoms with Crippen molar-refractivity contribution in [3.05, 3.63) is 81.9 Å². The van der Waals surface area contributed by atoms with E-state index in [1.807, 2.05) is 43.3 Å². The zero-order valence-electron chi connectivity index (χ0n) is 19.4. The van der Waals surface area contributed by atoms with Crippen molar-refractivity contribution in [3.63, 3.8) is 0 Å². The number of para-hydroxylation sites is 2. The van der Waals surface area contributed by atoms with Gasteiger partial charge in [0.2, 0.25) is 0 Å². The van der Waals surface area contributed by atoms with E-state index >= 15 is 0 Å². The van der Waals surface area contributed by atoms with Gasteiger partial charge < -0.3 is 14.2 Å². The van der Waals surface area contributed by atoms with Gasteiger partial charge in [-0.2, -0.15) is 0 Å². The van der Waals surface area contributed by atoms with E-state index in [-0.39, 0.29) is 30.3 Å². The van der Waals surface area contributed by atoms with Crippen LogP contribution in [0.3, 0.4) is 0 Å². The largest absolute Gasteiger partial charge is 0.493 e. The minimum Gasteiger partial charge on any atom is -0.493 e. The molecule has 9 nitrogen and oxygen atoms in total. The molecule has 3 aromatic carbocycles. The molecule has 4 rings (SSSR count). The second-order valence-corrected chi connectivity index (χ2v) is 8.52. The number of amides is 1. The van der Waals surface area contributed by atoms with E-state index in [9.17, 15) is 14.9 Å². The van der Waals surface area contributed by atoms with Crippen LogP contribution in [0.15, 0.2) is 60.7 Å². The molecular weight excluding hydrogens is 470 g/mol. The fourth-order valence-electron chi connectivity index (χ4n) is 3.57. The molecule has 0 unspecified atom stereocenters. The number of anilines is 2. The molecule has 0 bridgehead atoms. The Morgan fingerprint density at radius 3 is 2.49 bits per heavy atom. The van der Waals surface area contributed by atoms with Crippen molar-refractivity contribution < 1.29 is 23.9 Å². The highest BCUT2D eigenvalue weighted by molar-refractivity contribution is 7.22. The van der Waals surface area contributed by atoms with Crippen LogP contribution >= 0.6 is 11.3 Å². The zero-order valence-corrected chi connectivity index (χ0v) is 20.2. The number of carbonyl (C=O) groups excluding carboxylic acids is 1. The van der Waals surface area contributed by atoms with Gasteiger partial charge in [0.15, 0.2) is 16.6 Å². The summed E-state index contributed by atoms with van der Waals surface area (Å²) in [5, 5.41) is 12.4. The van der Waals surface area contributed by atoms with Crippen LogP contribution in [-0.2, 0) is 4.74 Å². The van der Waals surface area contributed by atoms with Gasteiger partial charge in [0, 0.05) is 13.2 Å². The summed E-state index contributed by atoms with van der Waals surface area (Å²) < 4.78 is 16.9. The first-order valence-electron chi connectivity index (χ1n) is 10.7. The molecule has 0 fully saturated rings. The fourth-order valence-corrected chi connectivity index (χ4v) is 4.55. The number of hydrogen-bond acceptors (Lipinski definition) is 8. The van der Waals surface area contributed by atoms with Crippen molar-refractivity contribution >= 4 is 44.0 Å². The molecule has 35 heavy (non-hydrogen) atoms. The normalized spacial score (nSPS) is 10.8. The maximum Gasteiger partial charge on any atom is 0.286 e. The number of nitro groups is 1. The first-order valence-corrected chi connectivity index (χ1v) is 11.5. The molecule has 0 aliphatic rings. The minimum atomic E-state index is -0.607. The van der Waals surface area contributed by atoms with Crippen LogP contribution in [0.4, 0.5) is 16.5 Å². The Hall–Kier alpha value is -4.02. The maximum absolute atomic E-state index is 14.0. The smallest absolute Gasteiger partial charge is 0.286 e. The number of carbonyl (C=O) groups is 1. The second kappa shape index (κ2) is 10.5. The third kappa shape index (κ3) is 4.93. The monoisotopic (exact) mass is 493 g/mol. The van der Waals surface area contributed by atoms with Gasteiger partial charge in [0.05, 0.1) is 40.6 Å². The van der Waals surface area contributed by atoms with Gasteiger partial charge in [-0.1, -0.05) is 41.7 Å². The van der Waals surface area contributed by atoms with Crippen LogP contribution in [0.25, 0.3) is 10.2 Å². The van der Waals surface area contributed by atoms with E-state index in [1.165, 1.54) is 42.6 Å². The highest BCUT2D eigenvalue weighted by atomic mass is 32.1. The Bertz CT molecular complexity index is 1350. The van der Waals surface area contributed by atoms with E-state index in [1.54, 1.807) is 12.1 Å². The molecule has 4 aromatic rings. The molecule has 0 spiro atoms. The average Bonchev–Trinajstić information content (AvgIpc) is 3.28. The number of methoxy groups -OCH3 is 2. The van der Waals surface area contributed by atoms with Crippen LogP contribution < -0.4 is 14.4 Å². The summed E-state index contributed by atoms with van der Waals surface area (Å²) in [6.45, 7) is 2.32. The van der Waals surface area contributed by atoms with Crippen molar-refractivity contribution in [2.45, 2.75) is 6.92 Å². The van der Waals surface area contributed by atoms with Crippen molar-refractivity contribution in [1.29, 1.82) is 0 Å². The molecule has 0 atom stereocenters. The molecule has 0 saturated carbocycles. The summed E-state index contributed by atoms with van der Waals surface area (Å²) >= 11 is 1.33. The predicted molar refractivity (Wildman–Crippen MR) is 134 cm³/mol. The summed E-state index contributed by atoms with van der Waals surface area (Å²) in [4.78, 5) is 31.5. The molecule has 0 radical (unpaired) electrons. The van der Waals surface area contributed by atoms with E-state index in [2.05, 4.69) is 4.98 Å². The number of aryl methyl sites for hydroxylation is 1. The van der Waals surface area contributed by atoms with Gasteiger partial charge in [0.1, 0.15) is 12.2 Å². The van der Waals surface area contributed by atoms with Gasteiger partial charge in [-0.15, -0.1) is 0 Å². The number of hydrogen-bond donors (Lipinski definition) is 0. The van der Waals surface area contributed by atoms with Gasteiger partial charge in [-0.05, 0) is 30.7 Å². The van der Waals surface area contributed by atoms with Crippen molar-refractivity contribution in [3.8, 4) is 11.5 Å². The lowest BCUT2D eigenvalue weighted by Gasteiger charge is -2.22. The summed E-state index contributed by atoms with van der Waals surface area (Å²) in [5.74, 6) is -0.258. The lowest BCUT2D eigenvalue weighted by molar-refractivity contribution is -0.385. The third-order valence-electron chi connectivity index (χ3n) is 5.29. The molecular formula is C25H23N3O6S. The maximum atomic E-state index is 14.0. The molecule has 0 saturated heterocycles. The third-order valence-corrected chi connectivity index (χ3v) is 6.31. The standard InChI is InChI=1S/C25H23N3O6S/c1-16-8-4-6-10-19(16)27(25-26-18-9-5-7-11-23(18)35-25)24(29)17-14-21(33-3)22(34-13-12-32-2)15-20(17)28(30)31/h4-11,14-15H,12-13H2,1-3H3. The van der Waals surface area contributed by atoms with Gasteiger partial charge in [-0.3, -0.25) is 19.8 Å². The Morgan fingerprint density at radius 2 is 1.80 bits per heavy atom. The van der Waals surface area contributed by atoms with Crippen molar-refractivity contribution in [1.82, 2.24) is 4.98 Å². The Balaban J connectivity index is 1.88. The van der Waals surface area contributed by atoms with Gasteiger partial charge in [-0.25, -0.2) is 4.98 Å². The van der Waals surface area contributed by atoms with Crippen molar-refractivity contribution in [2.24, 2.45) is 0 Å². The van der Waals surface area contributed by atoms with Crippen LogP contribution in [0.5, 0.6) is 11.5 Å². The molecule has 0 N–H and O–H groups in total. The lowest BCUT2D eigenvalue weighted by Crippen LogP contribution is -2.27. The minimum absolute atomic E-state index is 0.145. The highest BCUT2D eigenvalue weighted by Crippen LogP contribution is 2.40. The lowest BCUT2D eigenvalue weighted by atomic mass is 10.1. The molecule has 1 amide bonds. The van der Waals surface area contributed by atoms with E-state index in [0.29, 0.717) is 10.8 Å². The molecule has 0 aliphatic heterocycles.